The van der Waals surface area contributed by atoms with E-state index >= 15 is 0 Å². The Morgan fingerprint density at radius 2 is 1.60 bits per heavy atom. The van der Waals surface area contributed by atoms with E-state index in [2.05, 4.69) is 59.6 Å². The number of hydrogen-bond acceptors (Lipinski definition) is 3. The van der Waals surface area contributed by atoms with Crippen LogP contribution in [0.3, 0.4) is 0 Å². The molecule has 1 radical (unpaired) electrons. The topological polar surface area (TPSA) is 50.2 Å². The van der Waals surface area contributed by atoms with Crippen LogP contribution in [0, 0.1) is 6.07 Å². The molecular weight excluding hydrogens is 551 g/mol. The molecule has 3 nitrogen and oxygen atoms in total. The Labute approximate surface area is 190 Å². The summed E-state index contributed by atoms with van der Waals surface area (Å²) >= 11 is 0. The maximum atomic E-state index is 10.0. The van der Waals surface area contributed by atoms with Gasteiger partial charge in [-0.15, -0.1) is 34.9 Å². The van der Waals surface area contributed by atoms with Crippen molar-refractivity contribution in [1.29, 1.82) is 0 Å². The van der Waals surface area contributed by atoms with E-state index in [-0.39, 0.29) is 31.6 Å². The molecular formula is C26H22IrNO2-. The number of aliphatic hydroxyl groups is 1. The standard InChI is InChI=1S/C21H14N.C5H8O2.Ir/c1-2-7-16(8-3-1)17-9-6-10-19-18(15-17)12-13-20(19)21-11-4-5-14-22-21;1-4(6)3-5(2)7;/h1-12,14-15H;3,6H,1-2H3;/q-1;;/b;4-3-;. The molecule has 153 valence electrons. The smallest absolute Gasteiger partial charge is 0.155 e. The second kappa shape index (κ2) is 11.2. The first-order chi connectivity index (χ1) is 14.0. The zero-order valence-corrected chi connectivity index (χ0v) is 19.2. The summed E-state index contributed by atoms with van der Waals surface area (Å²) in [6, 6.07) is 30.4. The second-order valence-electron chi connectivity index (χ2n) is 6.64. The Balaban J connectivity index is 0.000000350. The summed E-state index contributed by atoms with van der Waals surface area (Å²) < 4.78 is 0. The molecule has 0 unspecified atom stereocenters. The number of rotatable bonds is 3. The zero-order chi connectivity index (χ0) is 20.6. The first kappa shape index (κ1) is 23.2. The first-order valence-electron chi connectivity index (χ1n) is 9.33. The van der Waals surface area contributed by atoms with Crippen molar-refractivity contribution in [2.75, 3.05) is 0 Å². The monoisotopic (exact) mass is 573 g/mol. The number of pyridine rings is 1. The van der Waals surface area contributed by atoms with Crippen LogP contribution in [0.4, 0.5) is 0 Å². The molecule has 0 aliphatic heterocycles. The SMILES string of the molecule is CC(=O)/C=C(/C)O.[Ir].[c-]1cc2cc(-c3ccccc3)cccc-2c1-c1ccccn1. The predicted octanol–water partition coefficient (Wildman–Crippen LogP) is 6.36. The van der Waals surface area contributed by atoms with E-state index in [1.807, 2.05) is 36.5 Å². The van der Waals surface area contributed by atoms with Crippen LogP contribution in [0.15, 0.2) is 96.9 Å². The third-order valence-electron chi connectivity index (χ3n) is 4.24. The van der Waals surface area contributed by atoms with Crippen molar-refractivity contribution in [3.8, 4) is 33.5 Å². The molecule has 0 fully saturated rings. The number of allylic oxidation sites excluding steroid dienone is 2. The van der Waals surface area contributed by atoms with Crippen molar-refractivity contribution < 1.29 is 30.0 Å². The van der Waals surface area contributed by atoms with Crippen molar-refractivity contribution in [3.63, 3.8) is 0 Å². The Morgan fingerprint density at radius 3 is 2.20 bits per heavy atom. The number of carbonyl (C=O) groups excluding carboxylic acids is 1. The minimum absolute atomic E-state index is 0. The number of carbonyl (C=O) groups is 1. The second-order valence-corrected chi connectivity index (χ2v) is 6.64. The number of nitrogens with zero attached hydrogens (tertiary/aromatic N) is 1. The van der Waals surface area contributed by atoms with Gasteiger partial charge in [-0.05, 0) is 36.7 Å². The largest absolute Gasteiger partial charge is 0.512 e. The summed E-state index contributed by atoms with van der Waals surface area (Å²) in [5, 5.41) is 8.36. The van der Waals surface area contributed by atoms with E-state index in [0.29, 0.717) is 0 Å². The van der Waals surface area contributed by atoms with Gasteiger partial charge in [-0.2, -0.15) is 0 Å². The summed E-state index contributed by atoms with van der Waals surface area (Å²) in [6.07, 6.45) is 2.99. The summed E-state index contributed by atoms with van der Waals surface area (Å²) in [5.41, 5.74) is 6.82. The molecule has 1 heterocycles. The molecule has 4 rings (SSSR count). The van der Waals surface area contributed by atoms with Gasteiger partial charge in [0.1, 0.15) is 0 Å². The Morgan fingerprint density at radius 1 is 0.900 bits per heavy atom. The molecule has 1 aromatic heterocycles. The van der Waals surface area contributed by atoms with Crippen LogP contribution in [0.5, 0.6) is 0 Å². The third-order valence-corrected chi connectivity index (χ3v) is 4.24. The molecule has 0 saturated heterocycles. The van der Waals surface area contributed by atoms with Crippen molar-refractivity contribution >= 4 is 5.78 Å². The van der Waals surface area contributed by atoms with Crippen LogP contribution in [0.1, 0.15) is 13.8 Å². The van der Waals surface area contributed by atoms with Crippen LogP contribution in [0.25, 0.3) is 33.5 Å². The summed E-state index contributed by atoms with van der Waals surface area (Å²) in [7, 11) is 0. The van der Waals surface area contributed by atoms with Crippen LogP contribution >= 0.6 is 0 Å². The Bertz CT molecular complexity index is 1090. The van der Waals surface area contributed by atoms with Gasteiger partial charge in [0.2, 0.25) is 0 Å². The Hall–Kier alpha value is -3.07. The molecule has 0 spiro atoms. The number of fused-ring (bicyclic) bond motifs is 1. The maximum absolute atomic E-state index is 10.0. The normalized spacial score (nSPS) is 10.5. The molecule has 0 bridgehead atoms. The molecule has 1 N–H and O–H groups in total. The van der Waals surface area contributed by atoms with Crippen molar-refractivity contribution in [2.24, 2.45) is 0 Å². The number of aromatic nitrogens is 1. The molecule has 30 heavy (non-hydrogen) atoms. The fourth-order valence-electron chi connectivity index (χ4n) is 3.04. The van der Waals surface area contributed by atoms with Crippen LogP contribution in [-0.2, 0) is 24.9 Å². The minimum Gasteiger partial charge on any atom is -0.512 e. The van der Waals surface area contributed by atoms with E-state index in [0.717, 1.165) is 11.3 Å². The van der Waals surface area contributed by atoms with Crippen molar-refractivity contribution in [1.82, 2.24) is 4.98 Å². The van der Waals surface area contributed by atoms with Gasteiger partial charge >= 0.3 is 0 Å². The van der Waals surface area contributed by atoms with Gasteiger partial charge in [0.25, 0.3) is 0 Å². The van der Waals surface area contributed by atoms with Crippen LogP contribution in [0.2, 0.25) is 0 Å². The quantitative estimate of drug-likeness (QED) is 0.177. The molecule has 0 amide bonds. The van der Waals surface area contributed by atoms with E-state index in [4.69, 9.17) is 5.11 Å². The molecule has 2 aliphatic carbocycles. The minimum atomic E-state index is -0.125. The van der Waals surface area contributed by atoms with Gasteiger partial charge in [-0.25, -0.2) is 0 Å². The first-order valence-corrected chi connectivity index (χ1v) is 9.33. The molecule has 4 heteroatoms. The Kier molecular flexibility index (Phi) is 8.67. The van der Waals surface area contributed by atoms with Gasteiger partial charge in [0.05, 0.1) is 5.76 Å². The average Bonchev–Trinajstić information content (AvgIpc) is 2.98. The average molecular weight is 573 g/mol. The number of hydrogen-bond donors (Lipinski definition) is 1. The van der Waals surface area contributed by atoms with Gasteiger partial charge in [0.15, 0.2) is 5.78 Å². The van der Waals surface area contributed by atoms with Crippen molar-refractivity contribution in [2.45, 2.75) is 13.8 Å². The predicted molar refractivity (Wildman–Crippen MR) is 118 cm³/mol. The molecule has 1 aromatic carbocycles. The summed E-state index contributed by atoms with van der Waals surface area (Å²) in [5.74, 6) is -0.0625. The number of benzene rings is 1. The van der Waals surface area contributed by atoms with E-state index < -0.39 is 0 Å². The molecule has 0 atom stereocenters. The van der Waals surface area contributed by atoms with Crippen LogP contribution < -0.4 is 0 Å². The summed E-state index contributed by atoms with van der Waals surface area (Å²) in [6.45, 7) is 2.85. The maximum Gasteiger partial charge on any atom is 0.155 e. The molecule has 2 aromatic rings. The van der Waals surface area contributed by atoms with Crippen LogP contribution in [-0.4, -0.2) is 15.9 Å². The van der Waals surface area contributed by atoms with Gasteiger partial charge in [0, 0.05) is 32.4 Å². The van der Waals surface area contributed by atoms with Gasteiger partial charge in [-0.3, -0.25) is 4.79 Å². The third kappa shape index (κ3) is 6.21. The van der Waals surface area contributed by atoms with Gasteiger partial charge < -0.3 is 10.1 Å². The molecule has 2 aliphatic rings. The van der Waals surface area contributed by atoms with E-state index in [1.165, 1.54) is 42.2 Å². The fourth-order valence-corrected chi connectivity index (χ4v) is 3.04. The number of aliphatic hydroxyl groups excluding tert-OH is 1. The van der Waals surface area contributed by atoms with Gasteiger partial charge in [-0.1, -0.05) is 60.7 Å². The number of ketones is 1. The zero-order valence-electron chi connectivity index (χ0n) is 16.8. The van der Waals surface area contributed by atoms with Crippen molar-refractivity contribution in [3.05, 3.63) is 103 Å². The molecule has 0 saturated carbocycles. The van der Waals surface area contributed by atoms with E-state index in [1.54, 1.807) is 0 Å². The summed E-state index contributed by atoms with van der Waals surface area (Å²) in [4.78, 5) is 14.5. The van der Waals surface area contributed by atoms with E-state index in [9.17, 15) is 4.79 Å². The fraction of sp³-hybridized carbons (Fsp3) is 0.0769.